The first-order valence-corrected chi connectivity index (χ1v) is 24.1. The molecular formula is C45H87NO8P+. The minimum Gasteiger partial charge on any atom is -0.462 e. The van der Waals surface area contributed by atoms with Crippen LogP contribution in [0.1, 0.15) is 200 Å². The van der Waals surface area contributed by atoms with Gasteiger partial charge < -0.3 is 18.9 Å². The molecule has 0 amide bonds. The second-order valence-corrected chi connectivity index (χ2v) is 17.9. The lowest BCUT2D eigenvalue weighted by Gasteiger charge is -2.24. The van der Waals surface area contributed by atoms with Gasteiger partial charge in [-0.2, -0.15) is 0 Å². The predicted octanol–water partition coefficient (Wildman–Crippen LogP) is 12.7. The van der Waals surface area contributed by atoms with Gasteiger partial charge >= 0.3 is 19.8 Å². The topological polar surface area (TPSA) is 108 Å². The van der Waals surface area contributed by atoms with Crippen molar-refractivity contribution in [2.75, 3.05) is 47.5 Å². The van der Waals surface area contributed by atoms with E-state index in [0.29, 0.717) is 17.4 Å². The average molecular weight is 801 g/mol. The van der Waals surface area contributed by atoms with Gasteiger partial charge in [-0.1, -0.05) is 179 Å². The normalized spacial score (nSPS) is 13.8. The lowest BCUT2D eigenvalue weighted by molar-refractivity contribution is -0.870. The van der Waals surface area contributed by atoms with E-state index in [1.165, 1.54) is 135 Å². The van der Waals surface area contributed by atoms with Crippen LogP contribution in [-0.4, -0.2) is 74.9 Å². The number of esters is 2. The van der Waals surface area contributed by atoms with Crippen LogP contribution in [0.25, 0.3) is 0 Å². The van der Waals surface area contributed by atoms with E-state index in [4.69, 9.17) is 18.5 Å². The smallest absolute Gasteiger partial charge is 0.462 e. The number of quaternary nitrogens is 1. The van der Waals surface area contributed by atoms with Gasteiger partial charge in [-0.05, 0) is 32.1 Å². The van der Waals surface area contributed by atoms with Crippen molar-refractivity contribution in [3.8, 4) is 0 Å². The molecule has 9 nitrogen and oxygen atoms in total. The van der Waals surface area contributed by atoms with Gasteiger partial charge in [-0.3, -0.25) is 18.6 Å². The van der Waals surface area contributed by atoms with Gasteiger partial charge in [0.15, 0.2) is 6.10 Å². The Bertz CT molecular complexity index is 996. The molecule has 2 atom stereocenters. The Labute approximate surface area is 339 Å². The first-order chi connectivity index (χ1) is 26.5. The molecule has 0 aliphatic heterocycles. The van der Waals surface area contributed by atoms with Crippen molar-refractivity contribution in [3.05, 3.63) is 24.3 Å². The molecule has 0 rings (SSSR count). The van der Waals surface area contributed by atoms with Gasteiger partial charge in [0, 0.05) is 12.8 Å². The molecule has 55 heavy (non-hydrogen) atoms. The zero-order chi connectivity index (χ0) is 40.7. The molecule has 0 spiro atoms. The van der Waals surface area contributed by atoms with E-state index in [1.807, 2.05) is 33.3 Å². The molecule has 0 heterocycles. The van der Waals surface area contributed by atoms with Crippen LogP contribution >= 0.6 is 7.82 Å². The minimum atomic E-state index is -4.38. The lowest BCUT2D eigenvalue weighted by atomic mass is 10.0. The summed E-state index contributed by atoms with van der Waals surface area (Å²) in [7, 11) is 1.45. The molecule has 324 valence electrons. The molecule has 0 saturated carbocycles. The summed E-state index contributed by atoms with van der Waals surface area (Å²) in [6.45, 7) is 4.38. The number of hydrogen-bond donors (Lipinski definition) is 1. The number of carbonyl (C=O) groups is 2. The Hall–Kier alpha value is -1.51. The zero-order valence-electron chi connectivity index (χ0n) is 36.4. The second kappa shape index (κ2) is 38.0. The van der Waals surface area contributed by atoms with E-state index >= 15 is 0 Å². The maximum absolute atomic E-state index is 12.6. The molecule has 0 aromatic carbocycles. The average Bonchev–Trinajstić information content (AvgIpc) is 3.13. The van der Waals surface area contributed by atoms with Crippen LogP contribution in [0, 0.1) is 0 Å². The van der Waals surface area contributed by atoms with Crippen molar-refractivity contribution in [2.24, 2.45) is 0 Å². The predicted molar refractivity (Wildman–Crippen MR) is 229 cm³/mol. The Morgan fingerprint density at radius 1 is 0.564 bits per heavy atom. The summed E-state index contributed by atoms with van der Waals surface area (Å²) in [5.74, 6) is -0.868. The number of unbranched alkanes of at least 4 members (excludes halogenated alkanes) is 23. The molecule has 0 aromatic heterocycles. The molecule has 10 heteroatoms. The monoisotopic (exact) mass is 801 g/mol. The third-order valence-corrected chi connectivity index (χ3v) is 10.7. The van der Waals surface area contributed by atoms with E-state index in [1.54, 1.807) is 0 Å². The number of likely N-dealkylation sites (N-methyl/N-ethyl adjacent to an activating group) is 1. The molecule has 0 fully saturated rings. The number of allylic oxidation sites excluding steroid dienone is 4. The summed E-state index contributed by atoms with van der Waals surface area (Å²) >= 11 is 0. The highest BCUT2D eigenvalue weighted by molar-refractivity contribution is 7.47. The molecule has 2 unspecified atom stereocenters. The Balaban J connectivity index is 4.39. The van der Waals surface area contributed by atoms with Crippen LogP contribution in [0.15, 0.2) is 24.3 Å². The SMILES string of the molecule is CCCCCCCCCC/C=C\C/C=C\CCC(=O)OC(COC(=O)CCCCCCCCCCCCCCCCCC)COP(=O)(O)OCC[N+](C)(C)C. The highest BCUT2D eigenvalue weighted by atomic mass is 31.2. The van der Waals surface area contributed by atoms with Crippen LogP contribution in [0.3, 0.4) is 0 Å². The standard InChI is InChI=1S/C45H86NO8P/c1-6-8-10-12-14-16-18-20-22-24-25-27-29-31-33-35-37-44(47)51-41-43(42-53-55(49,50)52-40-39-46(3,4)5)54-45(48)38-36-34-32-30-28-26-23-21-19-17-15-13-11-9-7-2/h26,28,32,34,43H,6-25,27,29-31,33,35-42H2,1-5H3/p+1/b28-26-,34-32-. The van der Waals surface area contributed by atoms with Crippen LogP contribution in [0.2, 0.25) is 0 Å². The van der Waals surface area contributed by atoms with E-state index in [2.05, 4.69) is 26.0 Å². The van der Waals surface area contributed by atoms with Crippen LogP contribution in [-0.2, 0) is 32.7 Å². The van der Waals surface area contributed by atoms with Crippen molar-refractivity contribution in [1.29, 1.82) is 0 Å². The van der Waals surface area contributed by atoms with E-state index in [0.717, 1.165) is 32.1 Å². The van der Waals surface area contributed by atoms with Gasteiger partial charge in [0.1, 0.15) is 19.8 Å². The minimum absolute atomic E-state index is 0.0245. The van der Waals surface area contributed by atoms with Crippen molar-refractivity contribution < 1.29 is 42.1 Å². The van der Waals surface area contributed by atoms with Crippen LogP contribution < -0.4 is 0 Å². The number of phosphoric ester groups is 1. The molecule has 0 aliphatic rings. The van der Waals surface area contributed by atoms with Crippen molar-refractivity contribution in [3.63, 3.8) is 0 Å². The fraction of sp³-hybridized carbons (Fsp3) is 0.867. The first kappa shape index (κ1) is 53.5. The number of ether oxygens (including phenoxy) is 2. The van der Waals surface area contributed by atoms with Crippen molar-refractivity contribution in [1.82, 2.24) is 0 Å². The van der Waals surface area contributed by atoms with E-state index in [-0.39, 0.29) is 32.0 Å². The third-order valence-electron chi connectivity index (χ3n) is 9.75. The number of phosphoric acid groups is 1. The number of rotatable bonds is 41. The van der Waals surface area contributed by atoms with Crippen molar-refractivity contribution in [2.45, 2.75) is 206 Å². The van der Waals surface area contributed by atoms with E-state index in [9.17, 15) is 19.0 Å². The molecule has 0 aromatic rings. The van der Waals surface area contributed by atoms with Gasteiger partial charge in [0.05, 0.1) is 27.7 Å². The Morgan fingerprint density at radius 2 is 1.02 bits per heavy atom. The number of nitrogens with zero attached hydrogens (tertiary/aromatic N) is 1. The maximum atomic E-state index is 12.6. The molecule has 0 aliphatic carbocycles. The van der Waals surface area contributed by atoms with Gasteiger partial charge in [-0.25, -0.2) is 4.57 Å². The van der Waals surface area contributed by atoms with Gasteiger partial charge in [-0.15, -0.1) is 0 Å². The summed E-state index contributed by atoms with van der Waals surface area (Å²) in [4.78, 5) is 35.3. The molecule has 0 bridgehead atoms. The van der Waals surface area contributed by atoms with Crippen LogP contribution in [0.5, 0.6) is 0 Å². The van der Waals surface area contributed by atoms with Crippen LogP contribution in [0.4, 0.5) is 0 Å². The third kappa shape index (κ3) is 41.9. The lowest BCUT2D eigenvalue weighted by Crippen LogP contribution is -2.37. The largest absolute Gasteiger partial charge is 0.472 e. The quantitative estimate of drug-likeness (QED) is 0.0214. The Morgan fingerprint density at radius 3 is 1.51 bits per heavy atom. The molecule has 0 saturated heterocycles. The highest BCUT2D eigenvalue weighted by Crippen LogP contribution is 2.43. The first-order valence-electron chi connectivity index (χ1n) is 22.6. The summed E-state index contributed by atoms with van der Waals surface area (Å²) in [5.41, 5.74) is 0. The van der Waals surface area contributed by atoms with Gasteiger partial charge in [0.25, 0.3) is 0 Å². The van der Waals surface area contributed by atoms with Crippen molar-refractivity contribution >= 4 is 19.8 Å². The van der Waals surface area contributed by atoms with Gasteiger partial charge in [0.2, 0.25) is 0 Å². The Kier molecular flexibility index (Phi) is 37.0. The summed E-state index contributed by atoms with van der Waals surface area (Å²) in [5, 5.41) is 0. The number of hydrogen-bond acceptors (Lipinski definition) is 7. The maximum Gasteiger partial charge on any atom is 0.472 e. The fourth-order valence-corrected chi connectivity index (χ4v) is 6.93. The van der Waals surface area contributed by atoms with E-state index < -0.39 is 26.5 Å². The number of carbonyl (C=O) groups excluding carboxylic acids is 2. The summed E-state index contributed by atoms with van der Waals surface area (Å²) < 4.78 is 34.2. The zero-order valence-corrected chi connectivity index (χ0v) is 37.3. The molecule has 0 radical (unpaired) electrons. The summed E-state index contributed by atoms with van der Waals surface area (Å²) in [6, 6.07) is 0. The molecular weight excluding hydrogens is 713 g/mol. The summed E-state index contributed by atoms with van der Waals surface area (Å²) in [6.07, 6.45) is 41.0. The molecule has 1 N–H and O–H groups in total. The second-order valence-electron chi connectivity index (χ2n) is 16.4. The fourth-order valence-electron chi connectivity index (χ4n) is 6.19. The highest BCUT2D eigenvalue weighted by Gasteiger charge is 2.27.